The van der Waals surface area contributed by atoms with Gasteiger partial charge in [0.15, 0.2) is 0 Å². The van der Waals surface area contributed by atoms with E-state index in [1.54, 1.807) is 36.7 Å². The second-order valence-corrected chi connectivity index (χ2v) is 11.2. The van der Waals surface area contributed by atoms with Crippen LogP contribution in [-0.2, 0) is 26.0 Å². The summed E-state index contributed by atoms with van der Waals surface area (Å²) in [7, 11) is -3.90. The molecule has 0 fully saturated rings. The van der Waals surface area contributed by atoms with Gasteiger partial charge in [0.2, 0.25) is 21.8 Å². The summed E-state index contributed by atoms with van der Waals surface area (Å²) in [4.78, 5) is 29.1. The van der Waals surface area contributed by atoms with Crippen LogP contribution in [0.1, 0.15) is 25.8 Å². The average molecular weight is 555 g/mol. The number of sulfonamides is 1. The first-order chi connectivity index (χ1) is 18.6. The number of hydrogen-bond donors (Lipinski definition) is 4. The van der Waals surface area contributed by atoms with E-state index in [0.29, 0.717) is 17.9 Å². The van der Waals surface area contributed by atoms with Crippen molar-refractivity contribution in [1.29, 1.82) is 0 Å². The zero-order chi connectivity index (χ0) is 28.3. The Morgan fingerprint density at radius 2 is 1.56 bits per heavy atom. The highest BCUT2D eigenvalue weighted by Crippen LogP contribution is 2.22. The molecule has 0 saturated carbocycles. The van der Waals surface area contributed by atoms with Gasteiger partial charge in [-0.2, -0.15) is 0 Å². The van der Waals surface area contributed by atoms with Gasteiger partial charge < -0.3 is 20.5 Å². The molecule has 0 radical (unpaired) electrons. The molecule has 0 aliphatic rings. The fourth-order valence-electron chi connectivity index (χ4n) is 3.65. The maximum Gasteiger partial charge on any atom is 0.242 e. The number of carbonyl (C=O) groups is 2. The van der Waals surface area contributed by atoms with Crippen molar-refractivity contribution in [3.8, 4) is 11.5 Å². The highest BCUT2D eigenvalue weighted by molar-refractivity contribution is 7.89. The predicted octanol–water partition coefficient (Wildman–Crippen LogP) is 2.40. The molecule has 4 N–H and O–H groups in total. The molecule has 0 spiro atoms. The first-order valence-corrected chi connectivity index (χ1v) is 14.1. The lowest BCUT2D eigenvalue weighted by Gasteiger charge is -2.21. The zero-order valence-electron chi connectivity index (χ0n) is 21.9. The minimum Gasteiger partial charge on any atom is -0.457 e. The Hall–Kier alpha value is -3.80. The quantitative estimate of drug-likeness (QED) is 0.239. The largest absolute Gasteiger partial charge is 0.457 e. The Bertz CT molecular complexity index is 1300. The van der Waals surface area contributed by atoms with Crippen LogP contribution in [0.15, 0.2) is 84.0 Å². The average Bonchev–Trinajstić information content (AvgIpc) is 2.91. The van der Waals surface area contributed by atoms with Gasteiger partial charge in [0.25, 0.3) is 0 Å². The molecule has 0 aliphatic carbocycles. The molecule has 11 heteroatoms. The standard InChI is InChI=1S/C28H34N4O6S/c1-20(2)16-26(32-27(34)17-21-12-14-29-15-13-21)28(35)30-18-22(33)19-31-39(36,37)25-10-8-24(9-11-25)38-23-6-4-3-5-7-23/h3-15,20,22,26,31,33H,16-19H2,1-2H3,(H,30,35)(H,32,34)/t22?,26-/m0/s1. The highest BCUT2D eigenvalue weighted by Gasteiger charge is 2.23. The number of carbonyl (C=O) groups excluding carboxylic acids is 2. The van der Waals surface area contributed by atoms with E-state index in [-0.39, 0.29) is 36.2 Å². The van der Waals surface area contributed by atoms with E-state index in [4.69, 9.17) is 4.74 Å². The van der Waals surface area contributed by atoms with E-state index in [9.17, 15) is 23.1 Å². The summed E-state index contributed by atoms with van der Waals surface area (Å²) >= 11 is 0. The van der Waals surface area contributed by atoms with Crippen LogP contribution >= 0.6 is 0 Å². The van der Waals surface area contributed by atoms with Crippen molar-refractivity contribution >= 4 is 21.8 Å². The van der Waals surface area contributed by atoms with Gasteiger partial charge in [0, 0.05) is 25.5 Å². The van der Waals surface area contributed by atoms with Crippen molar-refractivity contribution in [2.24, 2.45) is 5.92 Å². The van der Waals surface area contributed by atoms with Gasteiger partial charge in [-0.3, -0.25) is 14.6 Å². The molecule has 1 unspecified atom stereocenters. The van der Waals surface area contributed by atoms with Crippen molar-refractivity contribution in [1.82, 2.24) is 20.3 Å². The normalized spacial score (nSPS) is 12.9. The third-order valence-corrected chi connectivity index (χ3v) is 7.05. The van der Waals surface area contributed by atoms with Crippen LogP contribution in [0, 0.1) is 5.92 Å². The van der Waals surface area contributed by atoms with Gasteiger partial charge in [-0.05, 0) is 66.4 Å². The van der Waals surface area contributed by atoms with Crippen LogP contribution < -0.4 is 20.1 Å². The van der Waals surface area contributed by atoms with E-state index in [2.05, 4.69) is 20.3 Å². The minimum atomic E-state index is -3.90. The van der Waals surface area contributed by atoms with E-state index in [1.807, 2.05) is 32.0 Å². The van der Waals surface area contributed by atoms with Gasteiger partial charge in [-0.25, -0.2) is 13.1 Å². The fraction of sp³-hybridized carbons (Fsp3) is 0.321. The molecule has 1 heterocycles. The molecule has 10 nitrogen and oxygen atoms in total. The molecule has 2 amide bonds. The molecule has 2 aromatic carbocycles. The van der Waals surface area contributed by atoms with Crippen molar-refractivity contribution in [2.45, 2.75) is 43.7 Å². The number of aliphatic hydroxyl groups excluding tert-OH is 1. The first-order valence-electron chi connectivity index (χ1n) is 12.6. The monoisotopic (exact) mass is 554 g/mol. The number of pyridine rings is 1. The molecule has 39 heavy (non-hydrogen) atoms. The number of hydrogen-bond acceptors (Lipinski definition) is 7. The highest BCUT2D eigenvalue weighted by atomic mass is 32.2. The molecule has 208 valence electrons. The molecule has 0 aliphatic heterocycles. The molecule has 1 aromatic heterocycles. The van der Waals surface area contributed by atoms with Gasteiger partial charge >= 0.3 is 0 Å². The maximum atomic E-state index is 12.8. The van der Waals surface area contributed by atoms with Crippen LogP contribution in [-0.4, -0.2) is 55.6 Å². The zero-order valence-corrected chi connectivity index (χ0v) is 22.7. The molecule has 3 aromatic rings. The molecule has 0 bridgehead atoms. The Balaban J connectivity index is 1.48. The summed E-state index contributed by atoms with van der Waals surface area (Å²) in [6, 6.07) is 17.6. The third kappa shape index (κ3) is 10.1. The van der Waals surface area contributed by atoms with Crippen LogP contribution in [0.5, 0.6) is 11.5 Å². The smallest absolute Gasteiger partial charge is 0.242 e. The molecule has 3 rings (SSSR count). The number of ether oxygens (including phenoxy) is 1. The Morgan fingerprint density at radius 3 is 2.21 bits per heavy atom. The Morgan fingerprint density at radius 1 is 0.923 bits per heavy atom. The Labute approximate surface area is 228 Å². The number of rotatable bonds is 14. The number of nitrogens with one attached hydrogen (secondary N) is 3. The maximum absolute atomic E-state index is 12.8. The van der Waals surface area contributed by atoms with Crippen LogP contribution in [0.25, 0.3) is 0 Å². The lowest BCUT2D eigenvalue weighted by atomic mass is 10.0. The number of benzene rings is 2. The van der Waals surface area contributed by atoms with Crippen LogP contribution in [0.2, 0.25) is 0 Å². The van der Waals surface area contributed by atoms with Crippen LogP contribution in [0.4, 0.5) is 0 Å². The summed E-state index contributed by atoms with van der Waals surface area (Å²) in [6.45, 7) is 3.35. The summed E-state index contributed by atoms with van der Waals surface area (Å²) in [5, 5.41) is 15.6. The second-order valence-electron chi connectivity index (χ2n) is 9.42. The lowest BCUT2D eigenvalue weighted by Crippen LogP contribution is -2.50. The number of aromatic nitrogens is 1. The van der Waals surface area contributed by atoms with Gasteiger partial charge in [-0.15, -0.1) is 0 Å². The molecule has 0 saturated heterocycles. The van der Waals surface area contributed by atoms with Gasteiger partial charge in [-0.1, -0.05) is 32.0 Å². The van der Waals surface area contributed by atoms with Gasteiger partial charge in [0.05, 0.1) is 17.4 Å². The van der Waals surface area contributed by atoms with Crippen molar-refractivity contribution < 1.29 is 27.9 Å². The summed E-state index contributed by atoms with van der Waals surface area (Å²) < 4.78 is 33.3. The second kappa shape index (κ2) is 14.4. The first kappa shape index (κ1) is 29.8. The number of aliphatic hydroxyl groups is 1. The minimum absolute atomic E-state index is 0.00746. The van der Waals surface area contributed by atoms with Crippen molar-refractivity contribution in [3.05, 3.63) is 84.7 Å². The summed E-state index contributed by atoms with van der Waals surface area (Å²) in [5.74, 6) is 0.466. The number of nitrogens with zero attached hydrogens (tertiary/aromatic N) is 1. The molecular formula is C28H34N4O6S. The van der Waals surface area contributed by atoms with E-state index >= 15 is 0 Å². The molecule has 2 atom stereocenters. The van der Waals surface area contributed by atoms with Crippen molar-refractivity contribution in [2.75, 3.05) is 13.1 Å². The fourth-order valence-corrected chi connectivity index (χ4v) is 4.72. The lowest BCUT2D eigenvalue weighted by molar-refractivity contribution is -0.129. The van der Waals surface area contributed by atoms with E-state index < -0.39 is 28.1 Å². The number of para-hydroxylation sites is 1. The number of amides is 2. The SMILES string of the molecule is CC(C)C[C@H](NC(=O)Cc1ccncc1)C(=O)NCC(O)CNS(=O)(=O)c1ccc(Oc2ccccc2)cc1. The topological polar surface area (TPSA) is 147 Å². The third-order valence-electron chi connectivity index (χ3n) is 5.61. The summed E-state index contributed by atoms with van der Waals surface area (Å²) in [5.41, 5.74) is 0.771. The predicted molar refractivity (Wildman–Crippen MR) is 146 cm³/mol. The van der Waals surface area contributed by atoms with Gasteiger partial charge in [0.1, 0.15) is 17.5 Å². The van der Waals surface area contributed by atoms with E-state index in [1.165, 1.54) is 24.3 Å². The Kier molecular flexibility index (Phi) is 11.0. The summed E-state index contributed by atoms with van der Waals surface area (Å²) in [6.07, 6.45) is 2.50. The van der Waals surface area contributed by atoms with Crippen LogP contribution in [0.3, 0.4) is 0 Å². The molecular weight excluding hydrogens is 520 g/mol. The van der Waals surface area contributed by atoms with Crippen molar-refractivity contribution in [3.63, 3.8) is 0 Å². The van der Waals surface area contributed by atoms with E-state index in [0.717, 1.165) is 5.56 Å².